The molecule has 2 aliphatic heterocycles. The smallest absolute Gasteiger partial charge is 0.326 e. The van der Waals surface area contributed by atoms with Gasteiger partial charge in [-0.15, -0.1) is 11.8 Å². The summed E-state index contributed by atoms with van der Waals surface area (Å²) in [5, 5.41) is 3.78. The summed E-state index contributed by atoms with van der Waals surface area (Å²) in [5.41, 5.74) is 7.72. The molecule has 0 radical (unpaired) electrons. The van der Waals surface area contributed by atoms with Crippen molar-refractivity contribution in [1.29, 1.82) is 0 Å². The summed E-state index contributed by atoms with van der Waals surface area (Å²) < 4.78 is 0. The maximum Gasteiger partial charge on any atom is 0.326 e. The summed E-state index contributed by atoms with van der Waals surface area (Å²) in [7, 11) is 0. The van der Waals surface area contributed by atoms with E-state index in [9.17, 15) is 14.4 Å². The van der Waals surface area contributed by atoms with E-state index in [0.29, 0.717) is 38.2 Å². The van der Waals surface area contributed by atoms with Crippen LogP contribution in [0.4, 0.5) is 16.2 Å². The Morgan fingerprint density at radius 3 is 2.55 bits per heavy atom. The van der Waals surface area contributed by atoms with Gasteiger partial charge in [-0.2, -0.15) is 0 Å². The fourth-order valence-corrected chi connectivity index (χ4v) is 4.79. The van der Waals surface area contributed by atoms with Crippen LogP contribution in [0.3, 0.4) is 0 Å². The number of hydrogen-bond donors (Lipinski definition) is 2. The van der Waals surface area contributed by atoms with Crippen molar-refractivity contribution in [3.63, 3.8) is 0 Å². The van der Waals surface area contributed by atoms with E-state index >= 15 is 0 Å². The monoisotopic (exact) mass is 439 g/mol. The molecule has 1 aromatic carbocycles. The van der Waals surface area contributed by atoms with Gasteiger partial charge < -0.3 is 16.0 Å². The molecule has 0 atom stereocenters. The Morgan fingerprint density at radius 2 is 1.84 bits per heavy atom. The van der Waals surface area contributed by atoms with Gasteiger partial charge >= 0.3 is 6.03 Å². The Morgan fingerprint density at radius 1 is 1.10 bits per heavy atom. The molecule has 1 fully saturated rings. The summed E-state index contributed by atoms with van der Waals surface area (Å²) in [6.45, 7) is 1.74. The van der Waals surface area contributed by atoms with Gasteiger partial charge in [0.15, 0.2) is 0 Å². The highest BCUT2D eigenvalue weighted by atomic mass is 32.2. The van der Waals surface area contributed by atoms with Crippen molar-refractivity contribution in [3.05, 3.63) is 48.2 Å². The van der Waals surface area contributed by atoms with E-state index in [-0.39, 0.29) is 30.2 Å². The minimum Gasteiger partial charge on any atom is -0.369 e. The first kappa shape index (κ1) is 21.2. The summed E-state index contributed by atoms with van der Waals surface area (Å²) in [5.74, 6) is 0.422. The lowest BCUT2D eigenvalue weighted by Gasteiger charge is -2.30. The normalized spacial score (nSPS) is 16.5. The highest BCUT2D eigenvalue weighted by molar-refractivity contribution is 7.99. The van der Waals surface area contributed by atoms with Crippen molar-refractivity contribution >= 4 is 41.0 Å². The summed E-state index contributed by atoms with van der Waals surface area (Å²) >= 11 is 1.65. The van der Waals surface area contributed by atoms with Crippen LogP contribution < -0.4 is 16.0 Å². The lowest BCUT2D eigenvalue weighted by Crippen LogP contribution is -2.42. The summed E-state index contributed by atoms with van der Waals surface area (Å²) in [6.07, 6.45) is 3.27. The predicted octanol–water partition coefficient (Wildman–Crippen LogP) is 2.49. The number of aromatic nitrogens is 1. The average molecular weight is 440 g/mol. The van der Waals surface area contributed by atoms with Crippen molar-refractivity contribution in [2.24, 2.45) is 11.7 Å². The third-order valence-corrected chi connectivity index (χ3v) is 6.63. The van der Waals surface area contributed by atoms with Crippen molar-refractivity contribution in [2.75, 3.05) is 35.6 Å². The molecule has 0 aliphatic carbocycles. The first-order valence-corrected chi connectivity index (χ1v) is 11.3. The molecular weight excluding hydrogens is 414 g/mol. The zero-order valence-corrected chi connectivity index (χ0v) is 17.9. The number of nitrogens with one attached hydrogen (secondary N) is 1. The largest absolute Gasteiger partial charge is 0.369 e. The molecule has 2 aromatic rings. The number of urea groups is 1. The highest BCUT2D eigenvalue weighted by Crippen LogP contribution is 2.32. The number of likely N-dealkylation sites (tertiary alicyclic amines) is 1. The number of piperidine rings is 1. The number of fused-ring (bicyclic) bond motifs is 1. The van der Waals surface area contributed by atoms with Crippen LogP contribution in [-0.2, 0) is 16.0 Å². The van der Waals surface area contributed by atoms with E-state index in [1.165, 1.54) is 0 Å². The Labute approximate surface area is 185 Å². The maximum atomic E-state index is 12.8. The van der Waals surface area contributed by atoms with Crippen LogP contribution in [-0.4, -0.2) is 53.1 Å². The molecule has 8 nitrogen and oxygen atoms in total. The maximum absolute atomic E-state index is 12.8. The second-order valence-corrected chi connectivity index (χ2v) is 8.77. The molecular formula is C22H25N5O3S. The number of pyridine rings is 1. The number of carbonyl (C=O) groups is 3. The second kappa shape index (κ2) is 9.38. The van der Waals surface area contributed by atoms with Crippen molar-refractivity contribution in [2.45, 2.75) is 24.3 Å². The molecule has 162 valence electrons. The van der Waals surface area contributed by atoms with Gasteiger partial charge in [0, 0.05) is 43.2 Å². The third kappa shape index (κ3) is 4.99. The van der Waals surface area contributed by atoms with Crippen LogP contribution in [0.25, 0.3) is 0 Å². The summed E-state index contributed by atoms with van der Waals surface area (Å²) in [6, 6.07) is 10.8. The Balaban J connectivity index is 1.32. The van der Waals surface area contributed by atoms with Crippen LogP contribution in [0.2, 0.25) is 0 Å². The standard InChI is InChI=1S/C22H25N5O3S/c23-20(29)16-7-10-26(11-8-16)19(28)14-15-3-5-17(6-4-15)25-22(30)27-12-13-31-21-18(27)2-1-9-24-21/h1-6,9,16H,7-8,10-14H2,(H2,23,29)(H,25,30). The van der Waals surface area contributed by atoms with E-state index < -0.39 is 0 Å². The molecule has 2 aliphatic rings. The van der Waals surface area contributed by atoms with Gasteiger partial charge in [0.05, 0.1) is 12.1 Å². The molecule has 1 saturated heterocycles. The number of benzene rings is 1. The van der Waals surface area contributed by atoms with E-state index in [2.05, 4.69) is 10.3 Å². The molecule has 0 bridgehead atoms. The number of nitrogens with zero attached hydrogens (tertiary/aromatic N) is 3. The highest BCUT2D eigenvalue weighted by Gasteiger charge is 2.26. The first-order chi connectivity index (χ1) is 15.0. The molecule has 9 heteroatoms. The zero-order chi connectivity index (χ0) is 21.8. The van der Waals surface area contributed by atoms with Gasteiger partial charge in [-0.1, -0.05) is 12.1 Å². The molecule has 3 N–H and O–H groups in total. The number of hydrogen-bond acceptors (Lipinski definition) is 5. The number of rotatable bonds is 4. The number of thioether (sulfide) groups is 1. The van der Waals surface area contributed by atoms with Crippen LogP contribution in [0.15, 0.2) is 47.6 Å². The number of anilines is 2. The Kier molecular flexibility index (Phi) is 6.41. The molecule has 0 spiro atoms. The van der Waals surface area contributed by atoms with Crippen LogP contribution in [0, 0.1) is 5.92 Å². The summed E-state index contributed by atoms with van der Waals surface area (Å²) in [4.78, 5) is 44.4. The Hall–Kier alpha value is -3.07. The lowest BCUT2D eigenvalue weighted by molar-refractivity contribution is -0.134. The number of primary amides is 1. The van der Waals surface area contributed by atoms with Crippen LogP contribution in [0.1, 0.15) is 18.4 Å². The van der Waals surface area contributed by atoms with Gasteiger partial charge in [0.2, 0.25) is 11.8 Å². The quantitative estimate of drug-likeness (QED) is 0.761. The van der Waals surface area contributed by atoms with Gasteiger partial charge in [0.25, 0.3) is 0 Å². The molecule has 31 heavy (non-hydrogen) atoms. The van der Waals surface area contributed by atoms with Gasteiger partial charge in [-0.25, -0.2) is 9.78 Å². The molecule has 4 rings (SSSR count). The van der Waals surface area contributed by atoms with Crippen molar-refractivity contribution < 1.29 is 14.4 Å². The van der Waals surface area contributed by atoms with Crippen molar-refractivity contribution in [1.82, 2.24) is 9.88 Å². The van der Waals surface area contributed by atoms with Crippen molar-refractivity contribution in [3.8, 4) is 0 Å². The fourth-order valence-electron chi connectivity index (χ4n) is 3.86. The van der Waals surface area contributed by atoms with Gasteiger partial charge in [-0.05, 0) is 42.7 Å². The molecule has 4 amide bonds. The molecule has 0 unspecified atom stereocenters. The predicted molar refractivity (Wildman–Crippen MR) is 120 cm³/mol. The number of amides is 4. The SMILES string of the molecule is NC(=O)C1CCN(C(=O)Cc2ccc(NC(=O)N3CCSc4ncccc43)cc2)CC1. The van der Waals surface area contributed by atoms with Crippen LogP contribution in [0.5, 0.6) is 0 Å². The van der Waals surface area contributed by atoms with Gasteiger partial charge in [0.1, 0.15) is 5.03 Å². The third-order valence-electron chi connectivity index (χ3n) is 5.65. The minimum atomic E-state index is -0.284. The minimum absolute atomic E-state index is 0.0367. The van der Waals surface area contributed by atoms with Gasteiger partial charge in [-0.3, -0.25) is 14.5 Å². The first-order valence-electron chi connectivity index (χ1n) is 10.3. The fraction of sp³-hybridized carbons (Fsp3) is 0.364. The molecule has 0 saturated carbocycles. The van der Waals surface area contributed by atoms with Crippen LogP contribution >= 0.6 is 11.8 Å². The van der Waals surface area contributed by atoms with E-state index in [0.717, 1.165) is 22.0 Å². The average Bonchev–Trinajstić information content (AvgIpc) is 2.80. The number of nitrogens with two attached hydrogens (primary N) is 1. The van der Waals surface area contributed by atoms with E-state index in [4.69, 9.17) is 5.73 Å². The molecule has 1 aromatic heterocycles. The second-order valence-electron chi connectivity index (χ2n) is 7.69. The lowest BCUT2D eigenvalue weighted by atomic mass is 9.96. The number of carbonyl (C=O) groups excluding carboxylic acids is 3. The van der Waals surface area contributed by atoms with E-state index in [1.807, 2.05) is 36.4 Å². The zero-order valence-electron chi connectivity index (χ0n) is 17.1. The Bertz CT molecular complexity index is 973. The van der Waals surface area contributed by atoms with E-state index in [1.54, 1.807) is 27.8 Å². The topological polar surface area (TPSA) is 109 Å². The molecule has 3 heterocycles.